The second-order valence-electron chi connectivity index (χ2n) is 6.64. The molecule has 1 saturated heterocycles. The van der Waals surface area contributed by atoms with Crippen molar-refractivity contribution in [1.29, 1.82) is 0 Å². The summed E-state index contributed by atoms with van der Waals surface area (Å²) in [6.45, 7) is 5.27. The fourth-order valence-corrected chi connectivity index (χ4v) is 3.25. The Morgan fingerprint density at radius 3 is 2.77 bits per heavy atom. The highest BCUT2D eigenvalue weighted by molar-refractivity contribution is 5.93. The first-order chi connectivity index (χ1) is 12.6. The normalized spacial score (nSPS) is 17.7. The predicted octanol–water partition coefficient (Wildman–Crippen LogP) is 3.05. The van der Waals surface area contributed by atoms with Gasteiger partial charge in [-0.15, -0.1) is 0 Å². The molecule has 1 aliphatic heterocycles. The van der Waals surface area contributed by atoms with Crippen LogP contribution in [0.2, 0.25) is 0 Å². The van der Waals surface area contributed by atoms with Gasteiger partial charge in [-0.1, -0.05) is 12.1 Å². The van der Waals surface area contributed by atoms with Gasteiger partial charge in [0.1, 0.15) is 11.6 Å². The number of nitrogens with one attached hydrogen (secondary N) is 2. The van der Waals surface area contributed by atoms with Crippen LogP contribution < -0.4 is 10.6 Å². The monoisotopic (exact) mass is 356 g/mol. The van der Waals surface area contributed by atoms with Crippen molar-refractivity contribution in [2.75, 3.05) is 25.0 Å². The van der Waals surface area contributed by atoms with Gasteiger partial charge in [-0.2, -0.15) is 0 Å². The third-order valence-electron chi connectivity index (χ3n) is 4.54. The number of likely N-dealkylation sites (tertiary alicyclic amines) is 1. The Hall–Kier alpha value is -2.47. The molecule has 0 saturated carbocycles. The molecule has 1 aliphatic rings. The predicted molar refractivity (Wildman–Crippen MR) is 101 cm³/mol. The number of benzene rings is 1. The van der Waals surface area contributed by atoms with Gasteiger partial charge < -0.3 is 10.6 Å². The third-order valence-corrected chi connectivity index (χ3v) is 4.54. The molecule has 1 atom stereocenters. The molecule has 1 amide bonds. The van der Waals surface area contributed by atoms with Crippen molar-refractivity contribution in [2.24, 2.45) is 0 Å². The topological polar surface area (TPSA) is 57.3 Å². The van der Waals surface area contributed by atoms with E-state index >= 15 is 0 Å². The first-order valence-electron chi connectivity index (χ1n) is 9.11. The van der Waals surface area contributed by atoms with Crippen molar-refractivity contribution >= 4 is 11.7 Å². The fraction of sp³-hybridized carbons (Fsp3) is 0.400. The summed E-state index contributed by atoms with van der Waals surface area (Å²) in [4.78, 5) is 18.5. The van der Waals surface area contributed by atoms with Crippen molar-refractivity contribution in [3.8, 4) is 0 Å². The van der Waals surface area contributed by atoms with Crippen molar-refractivity contribution in [3.05, 3.63) is 59.5 Å². The van der Waals surface area contributed by atoms with Crippen molar-refractivity contribution in [3.63, 3.8) is 0 Å². The Bertz CT molecular complexity index is 718. The lowest BCUT2D eigenvalue weighted by atomic mass is 10.0. The van der Waals surface area contributed by atoms with E-state index in [0.717, 1.165) is 43.9 Å². The molecule has 0 aliphatic carbocycles. The minimum Gasteiger partial charge on any atom is -0.366 e. The van der Waals surface area contributed by atoms with Gasteiger partial charge in [-0.3, -0.25) is 9.69 Å². The molecule has 1 unspecified atom stereocenters. The lowest BCUT2D eigenvalue weighted by Gasteiger charge is -2.33. The smallest absolute Gasteiger partial charge is 0.252 e. The van der Waals surface area contributed by atoms with Gasteiger partial charge >= 0.3 is 0 Å². The molecular formula is C20H25FN4O. The molecule has 2 heterocycles. The van der Waals surface area contributed by atoms with Gasteiger partial charge in [0.25, 0.3) is 5.91 Å². The fourth-order valence-electron chi connectivity index (χ4n) is 3.25. The van der Waals surface area contributed by atoms with Gasteiger partial charge in [0.15, 0.2) is 0 Å². The molecule has 26 heavy (non-hydrogen) atoms. The number of carbonyl (C=O) groups excluding carboxylic acids is 1. The molecule has 1 aromatic carbocycles. The summed E-state index contributed by atoms with van der Waals surface area (Å²) in [6.07, 6.45) is 3.79. The third kappa shape index (κ3) is 5.02. The van der Waals surface area contributed by atoms with Crippen molar-refractivity contribution in [2.45, 2.75) is 32.4 Å². The maximum atomic E-state index is 13.0. The second-order valence-corrected chi connectivity index (χ2v) is 6.64. The average molecular weight is 356 g/mol. The van der Waals surface area contributed by atoms with E-state index in [-0.39, 0.29) is 11.7 Å². The molecule has 138 valence electrons. The zero-order valence-electron chi connectivity index (χ0n) is 15.0. The van der Waals surface area contributed by atoms with E-state index in [4.69, 9.17) is 0 Å². The van der Waals surface area contributed by atoms with Crippen molar-refractivity contribution < 1.29 is 9.18 Å². The number of hydrogen-bond acceptors (Lipinski definition) is 4. The van der Waals surface area contributed by atoms with Crippen LogP contribution in [0, 0.1) is 5.82 Å². The van der Waals surface area contributed by atoms with E-state index in [0.29, 0.717) is 18.2 Å². The maximum Gasteiger partial charge on any atom is 0.252 e. The van der Waals surface area contributed by atoms with E-state index in [1.807, 2.05) is 25.1 Å². The largest absolute Gasteiger partial charge is 0.366 e. The highest BCUT2D eigenvalue weighted by Gasteiger charge is 2.20. The number of nitrogens with zero attached hydrogens (tertiary/aromatic N) is 2. The molecule has 0 radical (unpaired) electrons. The van der Waals surface area contributed by atoms with E-state index in [2.05, 4.69) is 20.5 Å². The minimum absolute atomic E-state index is 0.102. The zero-order chi connectivity index (χ0) is 18.4. The maximum absolute atomic E-state index is 13.0. The Balaban J connectivity index is 1.54. The number of pyridine rings is 1. The number of carbonyl (C=O) groups is 1. The first-order valence-corrected chi connectivity index (χ1v) is 9.11. The number of rotatable bonds is 6. The molecule has 6 heteroatoms. The second kappa shape index (κ2) is 8.76. The standard InChI is InChI=1S/C20H25FN4O/c1-2-22-20(26)16-7-10-19(23-12-16)24-18-4-3-11-25(14-18)13-15-5-8-17(21)9-6-15/h5-10,12,18H,2-4,11,13-14H2,1H3,(H,22,26)(H,23,24). The molecule has 3 rings (SSSR count). The molecule has 0 bridgehead atoms. The molecule has 2 aromatic rings. The number of piperidine rings is 1. The van der Waals surface area contributed by atoms with Gasteiger partial charge in [-0.05, 0) is 56.1 Å². The number of aromatic nitrogens is 1. The lowest BCUT2D eigenvalue weighted by Crippen LogP contribution is -2.41. The van der Waals surface area contributed by atoms with Crippen LogP contribution in [-0.2, 0) is 6.54 Å². The van der Waals surface area contributed by atoms with Crippen LogP contribution in [0.25, 0.3) is 0 Å². The van der Waals surface area contributed by atoms with E-state index < -0.39 is 0 Å². The summed E-state index contributed by atoms with van der Waals surface area (Å²) in [6, 6.07) is 10.7. The number of halogens is 1. The molecule has 1 aromatic heterocycles. The van der Waals surface area contributed by atoms with E-state index in [1.54, 1.807) is 12.3 Å². The van der Waals surface area contributed by atoms with Gasteiger partial charge in [0, 0.05) is 31.9 Å². The molecule has 0 spiro atoms. The average Bonchev–Trinajstić information content (AvgIpc) is 2.65. The van der Waals surface area contributed by atoms with E-state index in [9.17, 15) is 9.18 Å². The lowest BCUT2D eigenvalue weighted by molar-refractivity contribution is 0.0955. The van der Waals surface area contributed by atoms with Crippen LogP contribution in [0.5, 0.6) is 0 Å². The highest BCUT2D eigenvalue weighted by Crippen LogP contribution is 2.17. The highest BCUT2D eigenvalue weighted by atomic mass is 19.1. The van der Waals surface area contributed by atoms with Crippen LogP contribution in [0.1, 0.15) is 35.7 Å². The van der Waals surface area contributed by atoms with Crippen LogP contribution in [-0.4, -0.2) is 41.5 Å². The zero-order valence-corrected chi connectivity index (χ0v) is 15.0. The number of anilines is 1. The summed E-state index contributed by atoms with van der Waals surface area (Å²) < 4.78 is 13.0. The Morgan fingerprint density at radius 2 is 2.08 bits per heavy atom. The van der Waals surface area contributed by atoms with Crippen LogP contribution in [0.4, 0.5) is 10.2 Å². The summed E-state index contributed by atoms with van der Waals surface area (Å²) in [5, 5.41) is 6.22. The van der Waals surface area contributed by atoms with Crippen molar-refractivity contribution in [1.82, 2.24) is 15.2 Å². The van der Waals surface area contributed by atoms with Gasteiger partial charge in [0.05, 0.1) is 5.56 Å². The Kier molecular flexibility index (Phi) is 6.17. The number of amides is 1. The van der Waals surface area contributed by atoms with Crippen LogP contribution in [0.3, 0.4) is 0 Å². The molecule has 2 N–H and O–H groups in total. The minimum atomic E-state index is -0.200. The number of hydrogen-bond donors (Lipinski definition) is 2. The summed E-state index contributed by atoms with van der Waals surface area (Å²) >= 11 is 0. The van der Waals surface area contributed by atoms with Crippen LogP contribution in [0.15, 0.2) is 42.6 Å². The van der Waals surface area contributed by atoms with Gasteiger partial charge in [-0.25, -0.2) is 9.37 Å². The first kappa shape index (κ1) is 18.3. The summed E-state index contributed by atoms with van der Waals surface area (Å²) in [7, 11) is 0. The summed E-state index contributed by atoms with van der Waals surface area (Å²) in [5.74, 6) is 0.482. The summed E-state index contributed by atoms with van der Waals surface area (Å²) in [5.41, 5.74) is 1.69. The SMILES string of the molecule is CCNC(=O)c1ccc(NC2CCCN(Cc3ccc(F)cc3)C2)nc1. The molecule has 1 fully saturated rings. The van der Waals surface area contributed by atoms with E-state index in [1.165, 1.54) is 12.1 Å². The molecular weight excluding hydrogens is 331 g/mol. The molecule has 5 nitrogen and oxygen atoms in total. The quantitative estimate of drug-likeness (QED) is 0.835. The van der Waals surface area contributed by atoms with Gasteiger partial charge in [0.2, 0.25) is 0 Å². The van der Waals surface area contributed by atoms with Crippen LogP contribution >= 0.6 is 0 Å². The Morgan fingerprint density at radius 1 is 1.27 bits per heavy atom. The Labute approximate surface area is 153 Å².